The minimum absolute atomic E-state index is 0.244. The van der Waals surface area contributed by atoms with Crippen LogP contribution in [0.2, 0.25) is 0 Å². The lowest BCUT2D eigenvalue weighted by Crippen LogP contribution is -2.28. The first-order chi connectivity index (χ1) is 7.66. The number of ether oxygens (including phenoxy) is 1. The van der Waals surface area contributed by atoms with Gasteiger partial charge in [-0.2, -0.15) is 0 Å². The molecule has 1 fully saturated rings. The first-order valence-corrected chi connectivity index (χ1v) is 6.11. The first-order valence-electron chi connectivity index (χ1n) is 6.11. The molecule has 1 N–H and O–H groups in total. The largest absolute Gasteiger partial charge is 0.504 e. The molecule has 88 valence electrons. The summed E-state index contributed by atoms with van der Waals surface area (Å²) in [6.45, 7) is 4.59. The second kappa shape index (κ2) is 4.77. The van der Waals surface area contributed by atoms with Crippen molar-refractivity contribution in [2.45, 2.75) is 39.2 Å². The van der Waals surface area contributed by atoms with Gasteiger partial charge >= 0.3 is 0 Å². The molecule has 2 nitrogen and oxygen atoms in total. The Bertz CT molecular complexity index is 348. The highest BCUT2D eigenvalue weighted by molar-refractivity contribution is 5.38. The molecule has 0 heterocycles. The van der Waals surface area contributed by atoms with Crippen LogP contribution in [0.5, 0.6) is 11.5 Å². The molecular formula is C14H20O2. The van der Waals surface area contributed by atoms with E-state index in [1.165, 1.54) is 6.42 Å². The van der Waals surface area contributed by atoms with Crippen molar-refractivity contribution in [3.05, 3.63) is 24.3 Å². The quantitative estimate of drug-likeness (QED) is 0.825. The van der Waals surface area contributed by atoms with Gasteiger partial charge in [0.1, 0.15) is 0 Å². The molecule has 1 aromatic carbocycles. The van der Waals surface area contributed by atoms with E-state index in [2.05, 4.69) is 13.8 Å². The van der Waals surface area contributed by atoms with Gasteiger partial charge in [0.05, 0.1) is 6.10 Å². The van der Waals surface area contributed by atoms with Gasteiger partial charge in [-0.3, -0.25) is 0 Å². The van der Waals surface area contributed by atoms with Crippen LogP contribution in [-0.2, 0) is 0 Å². The Morgan fingerprint density at radius 1 is 1.12 bits per heavy atom. The van der Waals surface area contributed by atoms with Gasteiger partial charge in [0, 0.05) is 0 Å². The molecule has 1 aliphatic carbocycles. The number of aromatic hydroxyl groups is 1. The molecule has 2 heteroatoms. The highest BCUT2D eigenvalue weighted by Crippen LogP contribution is 2.34. The fourth-order valence-corrected chi connectivity index (χ4v) is 2.34. The van der Waals surface area contributed by atoms with Crippen molar-refractivity contribution in [2.75, 3.05) is 0 Å². The summed E-state index contributed by atoms with van der Waals surface area (Å²) in [5, 5.41) is 9.63. The van der Waals surface area contributed by atoms with Crippen LogP contribution in [0.4, 0.5) is 0 Å². The molecular weight excluding hydrogens is 200 g/mol. The Morgan fingerprint density at radius 3 is 2.56 bits per heavy atom. The lowest BCUT2D eigenvalue weighted by atomic mass is 9.80. The maximum atomic E-state index is 9.63. The van der Waals surface area contributed by atoms with Gasteiger partial charge in [0.2, 0.25) is 0 Å². The summed E-state index contributed by atoms with van der Waals surface area (Å²) >= 11 is 0. The second-order valence-corrected chi connectivity index (χ2v) is 4.98. The van der Waals surface area contributed by atoms with Gasteiger partial charge in [-0.25, -0.2) is 0 Å². The number of hydrogen-bond donors (Lipinski definition) is 1. The smallest absolute Gasteiger partial charge is 0.161 e. The summed E-state index contributed by atoms with van der Waals surface area (Å²) in [7, 11) is 0. The van der Waals surface area contributed by atoms with Gasteiger partial charge in [-0.15, -0.1) is 0 Å². The van der Waals surface area contributed by atoms with Crippen LogP contribution in [0.1, 0.15) is 33.1 Å². The first kappa shape index (κ1) is 11.3. The van der Waals surface area contributed by atoms with Crippen LogP contribution in [0.3, 0.4) is 0 Å². The number of benzene rings is 1. The molecule has 0 saturated heterocycles. The fourth-order valence-electron chi connectivity index (χ4n) is 2.34. The van der Waals surface area contributed by atoms with Crippen molar-refractivity contribution >= 4 is 0 Å². The highest BCUT2D eigenvalue weighted by Gasteiger charge is 2.26. The normalized spacial score (nSPS) is 30.0. The number of para-hydroxylation sites is 2. The third kappa shape index (κ3) is 2.49. The molecule has 0 aromatic heterocycles. The molecule has 1 aliphatic rings. The van der Waals surface area contributed by atoms with Crippen LogP contribution in [0, 0.1) is 11.8 Å². The molecule has 0 aliphatic heterocycles. The van der Waals surface area contributed by atoms with Crippen molar-refractivity contribution in [1.82, 2.24) is 0 Å². The summed E-state index contributed by atoms with van der Waals surface area (Å²) in [4.78, 5) is 0. The molecule has 0 spiro atoms. The lowest BCUT2D eigenvalue weighted by molar-refractivity contribution is 0.0978. The predicted octanol–water partition coefficient (Wildman–Crippen LogP) is 3.60. The molecule has 0 amide bonds. The third-order valence-corrected chi connectivity index (χ3v) is 3.71. The zero-order valence-corrected chi connectivity index (χ0v) is 10.0. The average molecular weight is 220 g/mol. The van der Waals surface area contributed by atoms with Crippen molar-refractivity contribution in [3.8, 4) is 11.5 Å². The molecule has 3 unspecified atom stereocenters. The Balaban J connectivity index is 1.98. The van der Waals surface area contributed by atoms with Crippen LogP contribution in [0.15, 0.2) is 24.3 Å². The third-order valence-electron chi connectivity index (χ3n) is 3.71. The van der Waals surface area contributed by atoms with E-state index in [1.807, 2.05) is 18.2 Å². The molecule has 1 saturated carbocycles. The number of phenolic OH excluding ortho intramolecular Hbond substituents is 1. The van der Waals surface area contributed by atoms with Crippen LogP contribution in [0.25, 0.3) is 0 Å². The summed E-state index contributed by atoms with van der Waals surface area (Å²) in [6, 6.07) is 7.21. The van der Waals surface area contributed by atoms with E-state index < -0.39 is 0 Å². The van der Waals surface area contributed by atoms with E-state index in [-0.39, 0.29) is 11.9 Å². The van der Waals surface area contributed by atoms with E-state index in [9.17, 15) is 5.11 Å². The van der Waals surface area contributed by atoms with Gasteiger partial charge < -0.3 is 9.84 Å². The molecule has 0 bridgehead atoms. The summed E-state index contributed by atoms with van der Waals surface area (Å²) < 4.78 is 5.85. The van der Waals surface area contributed by atoms with Gasteiger partial charge in [0.15, 0.2) is 11.5 Å². The monoisotopic (exact) mass is 220 g/mol. The molecule has 3 atom stereocenters. The molecule has 1 aromatic rings. The van der Waals surface area contributed by atoms with Crippen molar-refractivity contribution in [1.29, 1.82) is 0 Å². The fraction of sp³-hybridized carbons (Fsp3) is 0.571. The zero-order chi connectivity index (χ0) is 11.5. The maximum absolute atomic E-state index is 9.63. The molecule has 0 radical (unpaired) electrons. The van der Waals surface area contributed by atoms with Crippen molar-refractivity contribution in [3.63, 3.8) is 0 Å². The number of hydrogen-bond acceptors (Lipinski definition) is 2. The van der Waals surface area contributed by atoms with E-state index in [0.29, 0.717) is 11.7 Å². The van der Waals surface area contributed by atoms with E-state index in [1.54, 1.807) is 6.07 Å². The lowest BCUT2D eigenvalue weighted by Gasteiger charge is -2.32. The average Bonchev–Trinajstić information content (AvgIpc) is 2.27. The summed E-state index contributed by atoms with van der Waals surface area (Å²) in [5.41, 5.74) is 0. The Hall–Kier alpha value is -1.18. The van der Waals surface area contributed by atoms with Crippen LogP contribution < -0.4 is 4.74 Å². The number of phenols is 1. The highest BCUT2D eigenvalue weighted by atomic mass is 16.5. The van der Waals surface area contributed by atoms with E-state index >= 15 is 0 Å². The van der Waals surface area contributed by atoms with Crippen molar-refractivity contribution in [2.24, 2.45) is 11.8 Å². The van der Waals surface area contributed by atoms with E-state index in [4.69, 9.17) is 4.74 Å². The maximum Gasteiger partial charge on any atom is 0.161 e. The SMILES string of the molecule is CC1CCC(Oc2ccccc2O)CC1C. The second-order valence-electron chi connectivity index (χ2n) is 4.98. The molecule has 2 rings (SSSR count). The zero-order valence-electron chi connectivity index (χ0n) is 10.0. The minimum Gasteiger partial charge on any atom is -0.504 e. The van der Waals surface area contributed by atoms with Crippen LogP contribution >= 0.6 is 0 Å². The van der Waals surface area contributed by atoms with Crippen LogP contribution in [-0.4, -0.2) is 11.2 Å². The molecule has 16 heavy (non-hydrogen) atoms. The van der Waals surface area contributed by atoms with Gasteiger partial charge in [0.25, 0.3) is 0 Å². The standard InChI is InChI=1S/C14H20O2/c1-10-7-8-12(9-11(10)2)16-14-6-4-3-5-13(14)15/h3-6,10-12,15H,7-9H2,1-2H3. The van der Waals surface area contributed by atoms with Gasteiger partial charge in [-0.05, 0) is 43.2 Å². The van der Waals surface area contributed by atoms with E-state index in [0.717, 1.165) is 18.8 Å². The number of rotatable bonds is 2. The summed E-state index contributed by atoms with van der Waals surface area (Å²) in [6.07, 6.45) is 3.67. The Labute approximate surface area is 97.3 Å². The predicted molar refractivity (Wildman–Crippen MR) is 64.7 cm³/mol. The van der Waals surface area contributed by atoms with Crippen molar-refractivity contribution < 1.29 is 9.84 Å². The minimum atomic E-state index is 0.244. The summed E-state index contributed by atoms with van der Waals surface area (Å²) in [5.74, 6) is 2.37. The topological polar surface area (TPSA) is 29.5 Å². The Morgan fingerprint density at radius 2 is 1.88 bits per heavy atom. The Kier molecular flexibility index (Phi) is 3.37. The van der Waals surface area contributed by atoms with Gasteiger partial charge in [-0.1, -0.05) is 26.0 Å².